The first-order valence-electron chi connectivity index (χ1n) is 10.00. The first-order chi connectivity index (χ1) is 12.1. The lowest BCUT2D eigenvalue weighted by Crippen LogP contribution is -2.48. The molecule has 0 amide bonds. The van der Waals surface area contributed by atoms with Crippen molar-refractivity contribution in [3.63, 3.8) is 0 Å². The number of ether oxygens (including phenoxy) is 1. The molecule has 0 aromatic heterocycles. The smallest absolute Gasteiger partial charge is 0.303 e. The maximum absolute atomic E-state index is 11.2. The number of likely N-dealkylation sites (N-methyl/N-ethyl adjacent to an activating group) is 1. The number of quaternary nitrogens is 1. The largest absolute Gasteiger partial charge is 0.455 e. The van der Waals surface area contributed by atoms with Crippen molar-refractivity contribution < 1.29 is 27.0 Å². The summed E-state index contributed by atoms with van der Waals surface area (Å²) >= 11 is 0. The molecule has 0 aliphatic carbocycles. The Morgan fingerprint density at radius 1 is 0.962 bits per heavy atom. The van der Waals surface area contributed by atoms with Crippen molar-refractivity contribution in [2.45, 2.75) is 84.2 Å². The highest BCUT2D eigenvalue weighted by Crippen LogP contribution is 2.13. The minimum Gasteiger partial charge on any atom is -0.455 e. The second-order valence-corrected chi connectivity index (χ2v) is 9.50. The molecule has 1 N–H and O–H groups in total. The van der Waals surface area contributed by atoms with E-state index in [0.29, 0.717) is 11.0 Å². The number of esters is 1. The van der Waals surface area contributed by atoms with Crippen LogP contribution in [0.2, 0.25) is 0 Å². The first-order valence-corrected chi connectivity index (χ1v) is 11.6. The lowest BCUT2D eigenvalue weighted by Gasteiger charge is -2.32. The molecule has 26 heavy (non-hydrogen) atoms. The molecule has 1 atom stereocenters. The second-order valence-electron chi connectivity index (χ2n) is 8.00. The Morgan fingerprint density at radius 3 is 1.85 bits per heavy atom. The summed E-state index contributed by atoms with van der Waals surface area (Å²) in [6, 6.07) is 0. The van der Waals surface area contributed by atoms with Gasteiger partial charge in [-0.2, -0.15) is 8.42 Å². The minimum atomic E-state index is -4.17. The van der Waals surface area contributed by atoms with Crippen molar-refractivity contribution in [1.82, 2.24) is 0 Å². The Kier molecular flexibility index (Phi) is 13.2. The van der Waals surface area contributed by atoms with Crippen LogP contribution < -0.4 is 0 Å². The lowest BCUT2D eigenvalue weighted by atomic mass is 10.1. The molecule has 0 saturated heterocycles. The predicted octanol–water partition coefficient (Wildman–Crippen LogP) is 3.80. The van der Waals surface area contributed by atoms with E-state index in [-0.39, 0.29) is 0 Å². The Labute approximate surface area is 160 Å². The van der Waals surface area contributed by atoms with Crippen molar-refractivity contribution in [2.24, 2.45) is 0 Å². The van der Waals surface area contributed by atoms with Crippen molar-refractivity contribution >= 4 is 16.1 Å². The zero-order valence-electron chi connectivity index (χ0n) is 17.2. The molecule has 0 spiro atoms. The number of unbranched alkanes of at least 4 members (excludes halogenated alkanes) is 9. The molecular formula is C19H40NO5S+. The number of rotatable bonds is 16. The van der Waals surface area contributed by atoms with E-state index in [1.807, 2.05) is 14.1 Å². The van der Waals surface area contributed by atoms with Gasteiger partial charge in [-0.05, 0) is 12.8 Å². The Hall–Kier alpha value is -0.660. The number of hydrogen-bond donors (Lipinski definition) is 1. The highest BCUT2D eigenvalue weighted by atomic mass is 32.2. The third kappa shape index (κ3) is 16.8. The van der Waals surface area contributed by atoms with Gasteiger partial charge in [0.05, 0.1) is 20.6 Å². The molecule has 1 unspecified atom stereocenters. The molecule has 0 aromatic rings. The molecule has 0 fully saturated rings. The maximum atomic E-state index is 11.2. The van der Waals surface area contributed by atoms with Gasteiger partial charge in [-0.15, -0.1) is 0 Å². The van der Waals surface area contributed by atoms with E-state index in [1.54, 1.807) is 0 Å². The van der Waals surface area contributed by atoms with Gasteiger partial charge < -0.3 is 9.22 Å². The van der Waals surface area contributed by atoms with Gasteiger partial charge in [0.2, 0.25) is 0 Å². The molecule has 0 bridgehead atoms. The summed E-state index contributed by atoms with van der Waals surface area (Å²) in [5.41, 5.74) is 0. The van der Waals surface area contributed by atoms with Gasteiger partial charge in [-0.25, -0.2) is 0 Å². The van der Waals surface area contributed by atoms with Crippen LogP contribution in [0, 0.1) is 0 Å². The van der Waals surface area contributed by atoms with Crippen molar-refractivity contribution in [3.8, 4) is 0 Å². The number of nitrogens with zero attached hydrogens (tertiary/aromatic N) is 1. The molecule has 0 rings (SSSR count). The number of hydrogen-bond acceptors (Lipinski definition) is 4. The molecule has 6 nitrogen and oxygen atoms in total. The van der Waals surface area contributed by atoms with Crippen LogP contribution >= 0.6 is 0 Å². The number of carbonyl (C=O) groups is 1. The van der Waals surface area contributed by atoms with Crippen molar-refractivity contribution in [2.75, 3.05) is 32.9 Å². The standard InChI is InChI=1S/C19H39NO5S/c1-5-6-7-8-9-10-11-12-13-14-15-20(3,4)16-19(25-18(2)21)17-26(22,23)24/h19H,5-17H2,1-4H3/p+1. The monoisotopic (exact) mass is 394 g/mol. The maximum Gasteiger partial charge on any atom is 0.303 e. The van der Waals surface area contributed by atoms with Crippen LogP contribution in [0.25, 0.3) is 0 Å². The molecule has 0 radical (unpaired) electrons. The van der Waals surface area contributed by atoms with Gasteiger partial charge in [0.15, 0.2) is 6.10 Å². The topological polar surface area (TPSA) is 80.7 Å². The Bertz CT molecular complexity index is 476. The fraction of sp³-hybridized carbons (Fsp3) is 0.947. The first kappa shape index (κ1) is 25.3. The molecule has 0 aromatic carbocycles. The lowest BCUT2D eigenvalue weighted by molar-refractivity contribution is -0.893. The number of carbonyl (C=O) groups excluding carboxylic acids is 1. The van der Waals surface area contributed by atoms with Crippen LogP contribution in [0.4, 0.5) is 0 Å². The summed E-state index contributed by atoms with van der Waals surface area (Å²) in [5.74, 6) is -1.08. The van der Waals surface area contributed by atoms with Gasteiger partial charge in [-0.1, -0.05) is 58.3 Å². The van der Waals surface area contributed by atoms with Crippen molar-refractivity contribution in [3.05, 3.63) is 0 Å². The van der Waals surface area contributed by atoms with Crippen LogP contribution in [0.15, 0.2) is 0 Å². The van der Waals surface area contributed by atoms with Gasteiger partial charge in [0.1, 0.15) is 12.3 Å². The van der Waals surface area contributed by atoms with E-state index in [2.05, 4.69) is 6.92 Å². The Morgan fingerprint density at radius 2 is 1.42 bits per heavy atom. The molecule has 156 valence electrons. The highest BCUT2D eigenvalue weighted by Gasteiger charge is 2.28. The predicted molar refractivity (Wildman–Crippen MR) is 106 cm³/mol. The van der Waals surface area contributed by atoms with Crippen LogP contribution in [0.1, 0.15) is 78.1 Å². The molecular weight excluding hydrogens is 354 g/mol. The molecule has 0 aliphatic rings. The summed E-state index contributed by atoms with van der Waals surface area (Å²) < 4.78 is 36.9. The van der Waals surface area contributed by atoms with Gasteiger partial charge in [0.25, 0.3) is 10.1 Å². The van der Waals surface area contributed by atoms with Gasteiger partial charge >= 0.3 is 5.97 Å². The van der Waals surface area contributed by atoms with Crippen LogP contribution in [-0.4, -0.2) is 62.5 Å². The average Bonchev–Trinajstić information content (AvgIpc) is 2.46. The van der Waals surface area contributed by atoms with E-state index in [4.69, 9.17) is 9.29 Å². The van der Waals surface area contributed by atoms with E-state index in [0.717, 1.165) is 19.4 Å². The summed E-state index contributed by atoms with van der Waals surface area (Å²) in [4.78, 5) is 11.2. The quantitative estimate of drug-likeness (QED) is 0.186. The zero-order chi connectivity index (χ0) is 20.1. The summed E-state index contributed by atoms with van der Waals surface area (Å²) in [5, 5.41) is 0. The molecule has 0 saturated carbocycles. The third-order valence-electron chi connectivity index (χ3n) is 4.54. The van der Waals surface area contributed by atoms with Crippen LogP contribution in [-0.2, 0) is 19.6 Å². The van der Waals surface area contributed by atoms with E-state index < -0.39 is 27.9 Å². The molecule has 7 heteroatoms. The minimum absolute atomic E-state index is 0.372. The summed E-state index contributed by atoms with van der Waals surface area (Å²) in [7, 11) is -0.184. The third-order valence-corrected chi connectivity index (χ3v) is 5.34. The van der Waals surface area contributed by atoms with Gasteiger partial charge in [0, 0.05) is 6.92 Å². The SMILES string of the molecule is CCCCCCCCCCCC[N+](C)(C)CC(CS(=O)(=O)O)OC(C)=O. The van der Waals surface area contributed by atoms with E-state index in [1.165, 1.54) is 58.3 Å². The summed E-state index contributed by atoms with van der Waals surface area (Å²) in [6.07, 6.45) is 11.9. The van der Waals surface area contributed by atoms with Crippen LogP contribution in [0.3, 0.4) is 0 Å². The fourth-order valence-corrected chi connectivity index (χ4v) is 3.91. The van der Waals surface area contributed by atoms with Crippen molar-refractivity contribution in [1.29, 1.82) is 0 Å². The normalized spacial score (nSPS) is 13.6. The van der Waals surface area contributed by atoms with Crippen LogP contribution in [0.5, 0.6) is 0 Å². The summed E-state index contributed by atoms with van der Waals surface area (Å²) in [6.45, 7) is 4.74. The second kappa shape index (κ2) is 13.5. The van der Waals surface area contributed by atoms with E-state index >= 15 is 0 Å². The fourth-order valence-electron chi connectivity index (χ4n) is 3.26. The molecule has 0 aliphatic heterocycles. The van der Waals surface area contributed by atoms with Gasteiger partial charge in [-0.3, -0.25) is 9.35 Å². The average molecular weight is 395 g/mol. The highest BCUT2D eigenvalue weighted by molar-refractivity contribution is 7.85. The van der Waals surface area contributed by atoms with E-state index in [9.17, 15) is 13.2 Å². The Balaban J connectivity index is 4.01. The zero-order valence-corrected chi connectivity index (χ0v) is 18.0. The molecule has 0 heterocycles.